The van der Waals surface area contributed by atoms with E-state index in [4.69, 9.17) is 9.39 Å². The molecule has 1 aromatic rings. The van der Waals surface area contributed by atoms with E-state index in [0.29, 0.717) is 24.8 Å². The van der Waals surface area contributed by atoms with Gasteiger partial charge in [-0.2, -0.15) is 0 Å². The third kappa shape index (κ3) is 3.56. The minimum Gasteiger partial charge on any atom is -0.496 e. The zero-order valence-electron chi connectivity index (χ0n) is 15.9. The zero-order valence-corrected chi connectivity index (χ0v) is 15.9. The van der Waals surface area contributed by atoms with Crippen LogP contribution in [0.15, 0.2) is 12.1 Å². The van der Waals surface area contributed by atoms with Gasteiger partial charge >= 0.3 is 7.48 Å². The lowest BCUT2D eigenvalue weighted by Crippen LogP contribution is -2.49. The van der Waals surface area contributed by atoms with Gasteiger partial charge in [0.2, 0.25) is 0 Å². The third-order valence-corrected chi connectivity index (χ3v) is 5.62. The summed E-state index contributed by atoms with van der Waals surface area (Å²) in [5.74, 6) is 0.706. The summed E-state index contributed by atoms with van der Waals surface area (Å²) in [6.07, 6.45) is 3.07. The van der Waals surface area contributed by atoms with Crippen LogP contribution >= 0.6 is 0 Å². The van der Waals surface area contributed by atoms with Crippen LogP contribution in [0.1, 0.15) is 56.5 Å². The normalized spacial score (nSPS) is 18.2. The molecule has 25 heavy (non-hydrogen) atoms. The Kier molecular flexibility index (Phi) is 4.62. The van der Waals surface area contributed by atoms with E-state index in [2.05, 4.69) is 0 Å². The van der Waals surface area contributed by atoms with Crippen LogP contribution in [0.5, 0.6) is 5.75 Å². The first-order valence-electron chi connectivity index (χ1n) is 9.01. The van der Waals surface area contributed by atoms with Crippen molar-refractivity contribution in [2.24, 2.45) is 0 Å². The van der Waals surface area contributed by atoms with E-state index in [1.165, 1.54) is 0 Å². The predicted octanol–water partition coefficient (Wildman–Crippen LogP) is 1.40. The number of aliphatic hydroxyl groups is 1. The van der Waals surface area contributed by atoms with Crippen LogP contribution in [0.4, 0.5) is 0 Å². The molecule has 3 rings (SSSR count). The molecule has 1 saturated carbocycles. The Labute approximate surface area is 150 Å². The predicted molar refractivity (Wildman–Crippen MR) is 99.0 cm³/mol. The molecule has 0 saturated heterocycles. The van der Waals surface area contributed by atoms with Crippen molar-refractivity contribution < 1.29 is 19.3 Å². The second-order valence-electron chi connectivity index (χ2n) is 8.17. The molecule has 1 amide bonds. The molecule has 1 aromatic carbocycles. The summed E-state index contributed by atoms with van der Waals surface area (Å²) >= 11 is 0. The molecule has 2 aliphatic rings. The molecule has 0 aromatic heterocycles. The average molecular weight is 345 g/mol. The van der Waals surface area contributed by atoms with Crippen LogP contribution in [0.3, 0.4) is 0 Å². The summed E-state index contributed by atoms with van der Waals surface area (Å²) in [6, 6.07) is 4.34. The van der Waals surface area contributed by atoms with Gasteiger partial charge in [-0.15, -0.1) is 0 Å². The molecular weight excluding hydrogens is 317 g/mol. The fraction of sp³-hybridized carbons (Fsp3) is 0.632. The van der Waals surface area contributed by atoms with Gasteiger partial charge in [-0.05, 0) is 64.1 Å². The summed E-state index contributed by atoms with van der Waals surface area (Å²) in [5, 5.41) is 10.2. The zero-order chi connectivity index (χ0) is 18.4. The van der Waals surface area contributed by atoms with Crippen molar-refractivity contribution in [2.45, 2.75) is 64.2 Å². The van der Waals surface area contributed by atoms with E-state index < -0.39 is 11.2 Å². The number of hydrogen-bond acceptors (Lipinski definition) is 4. The minimum atomic E-state index is -0.952. The van der Waals surface area contributed by atoms with Crippen molar-refractivity contribution in [3.63, 3.8) is 0 Å². The smallest absolute Gasteiger partial charge is 0.309 e. The summed E-state index contributed by atoms with van der Waals surface area (Å²) in [7, 11) is 1.96. The average Bonchev–Trinajstić information content (AvgIpc) is 3.36. The molecule has 1 aliphatic carbocycles. The number of amides is 1. The number of ether oxygens (including phenoxy) is 1. The van der Waals surface area contributed by atoms with E-state index in [0.717, 1.165) is 36.8 Å². The first-order valence-corrected chi connectivity index (χ1v) is 9.01. The molecule has 0 bridgehead atoms. The van der Waals surface area contributed by atoms with Crippen LogP contribution in [0.2, 0.25) is 0 Å². The van der Waals surface area contributed by atoms with Crippen LogP contribution in [-0.4, -0.2) is 54.3 Å². The molecule has 1 aliphatic heterocycles. The van der Waals surface area contributed by atoms with Crippen molar-refractivity contribution in [3.8, 4) is 5.75 Å². The number of fused-ring (bicyclic) bond motifs is 1. The fourth-order valence-corrected chi connectivity index (χ4v) is 3.08. The summed E-state index contributed by atoms with van der Waals surface area (Å²) in [6.45, 7) is 8.01. The van der Waals surface area contributed by atoms with Gasteiger partial charge in [0.25, 0.3) is 5.91 Å². The lowest BCUT2D eigenvalue weighted by molar-refractivity contribution is -0.0893. The lowest BCUT2D eigenvalue weighted by atomic mass is 9.80. The van der Waals surface area contributed by atoms with E-state index in [-0.39, 0.29) is 5.91 Å². The van der Waals surface area contributed by atoms with Gasteiger partial charge in [-0.1, -0.05) is 6.07 Å². The lowest BCUT2D eigenvalue weighted by Gasteiger charge is -2.37. The van der Waals surface area contributed by atoms with Crippen LogP contribution in [0, 0.1) is 0 Å². The molecule has 1 heterocycles. The highest BCUT2D eigenvalue weighted by Gasteiger charge is 2.38. The molecule has 136 valence electrons. The van der Waals surface area contributed by atoms with E-state index >= 15 is 0 Å². The summed E-state index contributed by atoms with van der Waals surface area (Å²) in [5.41, 5.74) is 1.05. The number of rotatable bonds is 6. The molecule has 0 unspecified atom stereocenters. The van der Waals surface area contributed by atoms with Gasteiger partial charge < -0.3 is 19.4 Å². The second kappa shape index (κ2) is 6.33. The number of carbonyl (C=O) groups excluding carboxylic acids is 1. The van der Waals surface area contributed by atoms with E-state index in [1.54, 1.807) is 21.0 Å². The fourth-order valence-electron chi connectivity index (χ4n) is 3.08. The maximum Gasteiger partial charge on any atom is 0.309 e. The molecule has 1 fully saturated rings. The highest BCUT2D eigenvalue weighted by atomic mass is 16.5. The van der Waals surface area contributed by atoms with Crippen LogP contribution in [0.25, 0.3) is 0 Å². The molecule has 6 heteroatoms. The number of nitrogens with zero attached hydrogens (tertiary/aromatic N) is 1. The molecule has 0 spiro atoms. The Hall–Kier alpha value is -1.53. The molecule has 0 radical (unpaired) electrons. The number of hydrogen-bond donors (Lipinski definition) is 1. The topological polar surface area (TPSA) is 59.0 Å². The Morgan fingerprint density at radius 1 is 1.24 bits per heavy atom. The molecular formula is C19H28BNO4. The second-order valence-corrected chi connectivity index (χ2v) is 8.17. The van der Waals surface area contributed by atoms with Gasteiger partial charge in [0, 0.05) is 12.6 Å². The van der Waals surface area contributed by atoms with Gasteiger partial charge in [-0.25, -0.2) is 0 Å². The molecule has 1 N–H and O–H groups in total. The quantitative estimate of drug-likeness (QED) is 0.792. The Morgan fingerprint density at radius 3 is 2.48 bits per heavy atom. The number of methoxy groups -OCH3 is 1. The minimum absolute atomic E-state index is 0.0879. The van der Waals surface area contributed by atoms with Crippen molar-refractivity contribution in [1.82, 2.24) is 4.90 Å². The summed E-state index contributed by atoms with van der Waals surface area (Å²) < 4.78 is 11.5. The standard InChI is InChI=1S/C19H28BNO4/c1-18(2,23)19(3,4)25-20-13-10-12-8-9-21(14-6-7-14)17(22)16(12)15(11-13)24-5/h10-11,14,20,23H,6-9H2,1-5H3. The summed E-state index contributed by atoms with van der Waals surface area (Å²) in [4.78, 5) is 14.8. The van der Waals surface area contributed by atoms with Crippen molar-refractivity contribution in [1.29, 1.82) is 0 Å². The Balaban J connectivity index is 1.83. The van der Waals surface area contributed by atoms with Gasteiger partial charge in [0.15, 0.2) is 0 Å². The van der Waals surface area contributed by atoms with E-state index in [9.17, 15) is 9.90 Å². The van der Waals surface area contributed by atoms with Gasteiger partial charge in [0.1, 0.15) is 5.75 Å². The van der Waals surface area contributed by atoms with Crippen molar-refractivity contribution in [3.05, 3.63) is 23.3 Å². The van der Waals surface area contributed by atoms with Crippen molar-refractivity contribution in [2.75, 3.05) is 13.7 Å². The number of benzene rings is 1. The van der Waals surface area contributed by atoms with Gasteiger partial charge in [0.05, 0.1) is 23.9 Å². The molecule has 5 nitrogen and oxygen atoms in total. The first kappa shape index (κ1) is 18.3. The largest absolute Gasteiger partial charge is 0.496 e. The SMILES string of the molecule is COc1cc(BOC(C)(C)C(C)(C)O)cc2c1C(=O)N(C1CC1)CC2. The highest BCUT2D eigenvalue weighted by Crippen LogP contribution is 2.34. The van der Waals surface area contributed by atoms with E-state index in [1.807, 2.05) is 30.9 Å². The highest BCUT2D eigenvalue weighted by molar-refractivity contribution is 6.47. The maximum atomic E-state index is 12.8. The number of carbonyl (C=O) groups is 1. The van der Waals surface area contributed by atoms with Crippen LogP contribution in [-0.2, 0) is 11.1 Å². The first-order chi connectivity index (χ1) is 11.6. The Morgan fingerprint density at radius 2 is 1.92 bits per heavy atom. The van der Waals surface area contributed by atoms with Crippen molar-refractivity contribution >= 4 is 18.9 Å². The third-order valence-electron chi connectivity index (χ3n) is 5.62. The van der Waals surface area contributed by atoms with Gasteiger partial charge in [-0.3, -0.25) is 4.79 Å². The maximum absolute atomic E-state index is 12.8. The van der Waals surface area contributed by atoms with Crippen LogP contribution < -0.4 is 10.2 Å². The molecule has 0 atom stereocenters. The Bertz CT molecular complexity index is 659. The monoisotopic (exact) mass is 345 g/mol.